The first-order valence-electron chi connectivity index (χ1n) is 7.93. The van der Waals surface area contributed by atoms with Crippen LogP contribution in [0.1, 0.15) is 26.3 Å². The first kappa shape index (κ1) is 17.2. The number of hydrogen-bond donors (Lipinski definition) is 1. The van der Waals surface area contributed by atoms with E-state index >= 15 is 0 Å². The topological polar surface area (TPSA) is 58.6 Å². The Kier molecular flexibility index (Phi) is 5.93. The van der Waals surface area contributed by atoms with Crippen molar-refractivity contribution >= 4 is 17.9 Å². The molecule has 0 spiro atoms. The molecule has 2 amide bonds. The van der Waals surface area contributed by atoms with Crippen molar-refractivity contribution in [1.82, 2.24) is 10.2 Å². The highest BCUT2D eigenvalue weighted by Crippen LogP contribution is 2.11. The molecule has 0 saturated carbocycles. The Morgan fingerprint density at radius 1 is 1.22 bits per heavy atom. The van der Waals surface area contributed by atoms with Crippen molar-refractivity contribution in [2.24, 2.45) is 0 Å². The Morgan fingerprint density at radius 2 is 1.83 bits per heavy atom. The number of carbonyl (C=O) groups excluding carboxylic acids is 2. The van der Waals surface area contributed by atoms with Crippen LogP contribution in [0.3, 0.4) is 0 Å². The molecule has 3 atom stereocenters. The predicted molar refractivity (Wildman–Crippen MR) is 89.7 cm³/mol. The van der Waals surface area contributed by atoms with Gasteiger partial charge in [-0.1, -0.05) is 30.3 Å². The van der Waals surface area contributed by atoms with E-state index < -0.39 is 6.04 Å². The van der Waals surface area contributed by atoms with E-state index in [0.717, 1.165) is 5.56 Å². The summed E-state index contributed by atoms with van der Waals surface area (Å²) in [5.74, 6) is -0.350. The largest absolute Gasteiger partial charge is 0.372 e. The molecule has 23 heavy (non-hydrogen) atoms. The molecule has 0 bridgehead atoms. The molecule has 1 aliphatic heterocycles. The van der Waals surface area contributed by atoms with Gasteiger partial charge in [0, 0.05) is 19.2 Å². The van der Waals surface area contributed by atoms with Gasteiger partial charge < -0.3 is 15.0 Å². The van der Waals surface area contributed by atoms with Crippen LogP contribution in [0, 0.1) is 0 Å². The first-order chi connectivity index (χ1) is 11.0. The lowest BCUT2D eigenvalue weighted by Gasteiger charge is -2.36. The lowest BCUT2D eigenvalue weighted by Crippen LogP contribution is -2.54. The number of rotatable bonds is 4. The fourth-order valence-corrected chi connectivity index (χ4v) is 2.69. The van der Waals surface area contributed by atoms with Crippen molar-refractivity contribution in [3.8, 4) is 0 Å². The van der Waals surface area contributed by atoms with E-state index in [9.17, 15) is 9.59 Å². The molecule has 3 unspecified atom stereocenters. The summed E-state index contributed by atoms with van der Waals surface area (Å²) in [7, 11) is 0. The number of nitrogens with one attached hydrogen (secondary N) is 1. The SMILES string of the molecule is CC1CN(C(=O)C(C)NC(=O)/C=C/c2ccccc2)CC(C)O1. The summed E-state index contributed by atoms with van der Waals surface area (Å²) in [6.07, 6.45) is 3.21. The third-order valence-electron chi connectivity index (χ3n) is 3.69. The zero-order valence-corrected chi connectivity index (χ0v) is 13.9. The van der Waals surface area contributed by atoms with Crippen LogP contribution >= 0.6 is 0 Å². The Labute approximate surface area is 137 Å². The van der Waals surface area contributed by atoms with Crippen molar-refractivity contribution in [1.29, 1.82) is 0 Å². The molecule has 0 aliphatic carbocycles. The highest BCUT2D eigenvalue weighted by Gasteiger charge is 2.28. The van der Waals surface area contributed by atoms with E-state index in [1.807, 2.05) is 44.2 Å². The van der Waals surface area contributed by atoms with Gasteiger partial charge in [0.25, 0.3) is 0 Å². The molecule has 124 valence electrons. The molecule has 1 fully saturated rings. The highest BCUT2D eigenvalue weighted by atomic mass is 16.5. The molecule has 1 heterocycles. The molecule has 1 aliphatic rings. The van der Waals surface area contributed by atoms with E-state index in [-0.39, 0.29) is 24.0 Å². The summed E-state index contributed by atoms with van der Waals surface area (Å²) < 4.78 is 5.62. The number of benzene rings is 1. The summed E-state index contributed by atoms with van der Waals surface area (Å²) in [5.41, 5.74) is 0.942. The minimum Gasteiger partial charge on any atom is -0.372 e. The predicted octanol–water partition coefficient (Wildman–Crippen LogP) is 1.84. The van der Waals surface area contributed by atoms with Gasteiger partial charge in [-0.15, -0.1) is 0 Å². The van der Waals surface area contributed by atoms with Gasteiger partial charge in [0.15, 0.2) is 0 Å². The Balaban J connectivity index is 1.88. The summed E-state index contributed by atoms with van der Waals surface area (Å²) >= 11 is 0. The number of nitrogens with zero attached hydrogens (tertiary/aromatic N) is 1. The maximum atomic E-state index is 12.4. The normalized spacial score (nSPS) is 22.8. The molecule has 1 N–H and O–H groups in total. The Hall–Kier alpha value is -2.14. The summed E-state index contributed by atoms with van der Waals surface area (Å²) in [4.78, 5) is 26.1. The summed E-state index contributed by atoms with van der Waals surface area (Å²) in [6.45, 7) is 6.72. The molecular formula is C18H24N2O3. The smallest absolute Gasteiger partial charge is 0.245 e. The molecule has 1 saturated heterocycles. The van der Waals surface area contributed by atoms with Gasteiger partial charge in [-0.25, -0.2) is 0 Å². The average Bonchev–Trinajstić information content (AvgIpc) is 2.52. The number of morpholine rings is 1. The molecule has 2 rings (SSSR count). The molecule has 5 nitrogen and oxygen atoms in total. The van der Waals surface area contributed by atoms with Gasteiger partial charge in [0.05, 0.1) is 12.2 Å². The van der Waals surface area contributed by atoms with Crippen LogP contribution in [-0.2, 0) is 14.3 Å². The second-order valence-electron chi connectivity index (χ2n) is 5.97. The minimum absolute atomic E-state index is 0.0172. The van der Waals surface area contributed by atoms with Crippen molar-refractivity contribution in [3.63, 3.8) is 0 Å². The van der Waals surface area contributed by atoms with Crippen LogP contribution in [0.5, 0.6) is 0 Å². The molecule has 1 aromatic rings. The van der Waals surface area contributed by atoms with E-state index in [1.54, 1.807) is 17.9 Å². The van der Waals surface area contributed by atoms with Crippen LogP contribution in [0.4, 0.5) is 0 Å². The third kappa shape index (κ3) is 5.21. The maximum Gasteiger partial charge on any atom is 0.245 e. The quantitative estimate of drug-likeness (QED) is 0.862. The van der Waals surface area contributed by atoms with Crippen LogP contribution in [0.25, 0.3) is 6.08 Å². The summed E-state index contributed by atoms with van der Waals surface area (Å²) in [6, 6.07) is 9.00. The van der Waals surface area contributed by atoms with Crippen molar-refractivity contribution in [3.05, 3.63) is 42.0 Å². The molecule has 0 aromatic heterocycles. The Morgan fingerprint density at radius 3 is 2.43 bits per heavy atom. The van der Waals surface area contributed by atoms with Crippen molar-refractivity contribution in [2.75, 3.05) is 13.1 Å². The van der Waals surface area contributed by atoms with Gasteiger partial charge in [0.2, 0.25) is 11.8 Å². The zero-order chi connectivity index (χ0) is 16.8. The second kappa shape index (κ2) is 7.92. The van der Waals surface area contributed by atoms with E-state index in [0.29, 0.717) is 13.1 Å². The van der Waals surface area contributed by atoms with Gasteiger partial charge in [0.1, 0.15) is 6.04 Å². The van der Waals surface area contributed by atoms with Crippen LogP contribution in [-0.4, -0.2) is 48.1 Å². The van der Waals surface area contributed by atoms with Crippen LogP contribution in [0.2, 0.25) is 0 Å². The van der Waals surface area contributed by atoms with Gasteiger partial charge in [-0.05, 0) is 32.4 Å². The molecule has 1 aromatic carbocycles. The van der Waals surface area contributed by atoms with Crippen LogP contribution < -0.4 is 5.32 Å². The fraction of sp³-hybridized carbons (Fsp3) is 0.444. The van der Waals surface area contributed by atoms with Gasteiger partial charge >= 0.3 is 0 Å². The third-order valence-corrected chi connectivity index (χ3v) is 3.69. The van der Waals surface area contributed by atoms with Gasteiger partial charge in [-0.3, -0.25) is 9.59 Å². The van der Waals surface area contributed by atoms with Gasteiger partial charge in [-0.2, -0.15) is 0 Å². The number of amides is 2. The lowest BCUT2D eigenvalue weighted by atomic mass is 10.2. The summed E-state index contributed by atoms with van der Waals surface area (Å²) in [5, 5.41) is 2.72. The van der Waals surface area contributed by atoms with E-state index in [4.69, 9.17) is 4.74 Å². The molecule has 5 heteroatoms. The van der Waals surface area contributed by atoms with Crippen molar-refractivity contribution < 1.29 is 14.3 Å². The average molecular weight is 316 g/mol. The maximum absolute atomic E-state index is 12.4. The fourth-order valence-electron chi connectivity index (χ4n) is 2.69. The zero-order valence-electron chi connectivity index (χ0n) is 13.9. The minimum atomic E-state index is -0.555. The van der Waals surface area contributed by atoms with E-state index in [1.165, 1.54) is 6.08 Å². The van der Waals surface area contributed by atoms with E-state index in [2.05, 4.69) is 5.32 Å². The van der Waals surface area contributed by atoms with Crippen LogP contribution in [0.15, 0.2) is 36.4 Å². The second-order valence-corrected chi connectivity index (χ2v) is 5.97. The number of carbonyl (C=O) groups is 2. The molecular weight excluding hydrogens is 292 g/mol. The molecule has 0 radical (unpaired) electrons. The number of ether oxygens (including phenoxy) is 1. The highest BCUT2D eigenvalue weighted by molar-refractivity contribution is 5.95. The Bertz CT molecular complexity index is 561. The van der Waals surface area contributed by atoms with Crippen molar-refractivity contribution in [2.45, 2.75) is 39.0 Å². The monoisotopic (exact) mass is 316 g/mol. The lowest BCUT2D eigenvalue weighted by molar-refractivity contribution is -0.146. The first-order valence-corrected chi connectivity index (χ1v) is 7.93. The standard InChI is InChI=1S/C18H24N2O3/c1-13-11-20(12-14(2)23-13)18(22)15(3)19-17(21)10-9-16-7-5-4-6-8-16/h4-10,13-15H,11-12H2,1-3H3,(H,19,21)/b10-9+. The number of hydrogen-bond acceptors (Lipinski definition) is 3.